The third kappa shape index (κ3) is 2.26. The van der Waals surface area contributed by atoms with E-state index < -0.39 is 5.54 Å². The van der Waals surface area contributed by atoms with Gasteiger partial charge < -0.3 is 10.8 Å². The number of phenolic OH excluding ortho intramolecular Hbond substituents is 1. The summed E-state index contributed by atoms with van der Waals surface area (Å²) in [4.78, 5) is 0. The van der Waals surface area contributed by atoms with Gasteiger partial charge in [-0.25, -0.2) is 0 Å². The Morgan fingerprint density at radius 2 is 2.00 bits per heavy atom. The van der Waals surface area contributed by atoms with Crippen molar-refractivity contribution in [3.63, 3.8) is 0 Å². The van der Waals surface area contributed by atoms with Crippen LogP contribution in [0.1, 0.15) is 38.3 Å². The number of nitrogens with two attached hydrogens (primary N) is 1. The quantitative estimate of drug-likeness (QED) is 0.775. The Balaban J connectivity index is 3.14. The highest BCUT2D eigenvalue weighted by molar-refractivity contribution is 5.43. The molecule has 0 spiro atoms. The summed E-state index contributed by atoms with van der Waals surface area (Å²) in [5.74, 6) is 0.363. The first-order valence-electron chi connectivity index (χ1n) is 5.07. The van der Waals surface area contributed by atoms with Crippen LogP contribution < -0.4 is 5.73 Å². The molecule has 0 atom stereocenters. The molecule has 0 amide bonds. The fraction of sp³-hybridized carbons (Fsp3) is 0.500. The summed E-state index contributed by atoms with van der Waals surface area (Å²) in [6.07, 6.45) is 1.93. The Morgan fingerprint density at radius 3 is 2.50 bits per heavy atom. The number of hydrogen-bond acceptors (Lipinski definition) is 2. The van der Waals surface area contributed by atoms with Crippen molar-refractivity contribution in [2.75, 3.05) is 0 Å². The number of benzene rings is 1. The van der Waals surface area contributed by atoms with Gasteiger partial charge in [0.05, 0.1) is 0 Å². The largest absolute Gasteiger partial charge is 0.507 e. The second-order valence-electron chi connectivity index (χ2n) is 4.28. The van der Waals surface area contributed by atoms with Crippen LogP contribution in [0.4, 0.5) is 0 Å². The van der Waals surface area contributed by atoms with Crippen LogP contribution in [0, 0.1) is 0 Å². The second kappa shape index (κ2) is 4.01. The van der Waals surface area contributed by atoms with Crippen LogP contribution in [0.25, 0.3) is 0 Å². The molecule has 0 aliphatic heterocycles. The maximum Gasteiger partial charge on any atom is 0.123 e. The fourth-order valence-electron chi connectivity index (χ4n) is 1.58. The Bertz CT molecular complexity index is 313. The van der Waals surface area contributed by atoms with Crippen molar-refractivity contribution in [3.8, 4) is 5.75 Å². The molecule has 14 heavy (non-hydrogen) atoms. The standard InChI is InChI=1S/C12H19NO/c1-4-6-9-7-5-8-10(11(9)14)12(2,3)13/h5,7-8,14H,4,6,13H2,1-3H3. The minimum atomic E-state index is -0.478. The molecule has 0 heterocycles. The van der Waals surface area contributed by atoms with E-state index >= 15 is 0 Å². The lowest BCUT2D eigenvalue weighted by Crippen LogP contribution is -2.28. The van der Waals surface area contributed by atoms with Crippen molar-refractivity contribution in [1.82, 2.24) is 0 Å². The monoisotopic (exact) mass is 193 g/mol. The summed E-state index contributed by atoms with van der Waals surface area (Å²) < 4.78 is 0. The molecule has 0 fully saturated rings. The first-order chi connectivity index (χ1) is 6.46. The number of aromatic hydroxyl groups is 1. The van der Waals surface area contributed by atoms with Crippen molar-refractivity contribution in [2.45, 2.75) is 39.2 Å². The third-order valence-electron chi connectivity index (χ3n) is 2.33. The summed E-state index contributed by atoms with van der Waals surface area (Å²) in [5.41, 5.74) is 7.30. The molecule has 0 aliphatic carbocycles. The zero-order valence-electron chi connectivity index (χ0n) is 9.17. The average Bonchev–Trinajstić information content (AvgIpc) is 2.07. The summed E-state index contributed by atoms with van der Waals surface area (Å²) in [6, 6.07) is 5.79. The molecule has 2 nitrogen and oxygen atoms in total. The highest BCUT2D eigenvalue weighted by atomic mass is 16.3. The van der Waals surface area contributed by atoms with Gasteiger partial charge in [0, 0.05) is 11.1 Å². The SMILES string of the molecule is CCCc1cccc(C(C)(C)N)c1O. The Labute approximate surface area is 85.8 Å². The van der Waals surface area contributed by atoms with E-state index in [4.69, 9.17) is 5.73 Å². The van der Waals surface area contributed by atoms with Crippen molar-refractivity contribution in [2.24, 2.45) is 5.73 Å². The van der Waals surface area contributed by atoms with Crippen LogP contribution in [-0.2, 0) is 12.0 Å². The van der Waals surface area contributed by atoms with E-state index in [2.05, 4.69) is 6.92 Å². The van der Waals surface area contributed by atoms with E-state index in [0.29, 0.717) is 5.75 Å². The minimum absolute atomic E-state index is 0.363. The van der Waals surface area contributed by atoms with Crippen LogP contribution >= 0.6 is 0 Å². The summed E-state index contributed by atoms with van der Waals surface area (Å²) in [6.45, 7) is 5.90. The van der Waals surface area contributed by atoms with E-state index in [-0.39, 0.29) is 0 Å². The predicted molar refractivity (Wildman–Crippen MR) is 59.3 cm³/mol. The van der Waals surface area contributed by atoms with Gasteiger partial charge in [0.1, 0.15) is 5.75 Å². The van der Waals surface area contributed by atoms with E-state index in [1.807, 2.05) is 32.0 Å². The van der Waals surface area contributed by atoms with Crippen molar-refractivity contribution in [3.05, 3.63) is 29.3 Å². The van der Waals surface area contributed by atoms with Crippen molar-refractivity contribution < 1.29 is 5.11 Å². The zero-order valence-corrected chi connectivity index (χ0v) is 9.17. The molecule has 1 aromatic carbocycles. The van der Waals surface area contributed by atoms with E-state index in [1.54, 1.807) is 0 Å². The van der Waals surface area contributed by atoms with Crippen molar-refractivity contribution >= 4 is 0 Å². The number of phenols is 1. The molecule has 1 aromatic rings. The number of rotatable bonds is 3. The summed E-state index contributed by atoms with van der Waals surface area (Å²) in [7, 11) is 0. The third-order valence-corrected chi connectivity index (χ3v) is 2.33. The maximum atomic E-state index is 9.98. The molecule has 0 bridgehead atoms. The van der Waals surface area contributed by atoms with Gasteiger partial charge in [-0.3, -0.25) is 0 Å². The highest BCUT2D eigenvalue weighted by Gasteiger charge is 2.19. The molecule has 0 saturated carbocycles. The Morgan fingerprint density at radius 1 is 1.36 bits per heavy atom. The van der Waals surface area contributed by atoms with Gasteiger partial charge in [-0.2, -0.15) is 0 Å². The minimum Gasteiger partial charge on any atom is -0.507 e. The van der Waals surface area contributed by atoms with Crippen LogP contribution in [0.15, 0.2) is 18.2 Å². The Hall–Kier alpha value is -1.02. The smallest absolute Gasteiger partial charge is 0.123 e. The Kier molecular flexibility index (Phi) is 3.17. The van der Waals surface area contributed by atoms with Gasteiger partial charge in [0.25, 0.3) is 0 Å². The van der Waals surface area contributed by atoms with Gasteiger partial charge >= 0.3 is 0 Å². The molecule has 3 N–H and O–H groups in total. The van der Waals surface area contributed by atoms with Crippen LogP contribution in [-0.4, -0.2) is 5.11 Å². The molecule has 0 radical (unpaired) electrons. The number of para-hydroxylation sites is 1. The van der Waals surface area contributed by atoms with E-state index in [1.165, 1.54) is 0 Å². The van der Waals surface area contributed by atoms with Gasteiger partial charge in [-0.1, -0.05) is 31.5 Å². The normalized spacial score (nSPS) is 11.7. The summed E-state index contributed by atoms with van der Waals surface area (Å²) >= 11 is 0. The first kappa shape index (κ1) is 11.1. The van der Waals surface area contributed by atoms with E-state index in [9.17, 15) is 5.11 Å². The predicted octanol–water partition coefficient (Wildman–Crippen LogP) is 2.54. The molecule has 0 aromatic heterocycles. The van der Waals surface area contributed by atoms with Crippen LogP contribution in [0.3, 0.4) is 0 Å². The van der Waals surface area contributed by atoms with Gasteiger partial charge in [0.2, 0.25) is 0 Å². The molecule has 1 rings (SSSR count). The lowest BCUT2D eigenvalue weighted by Gasteiger charge is -2.21. The molecular formula is C12H19NO. The van der Waals surface area contributed by atoms with Crippen LogP contribution in [0.5, 0.6) is 5.75 Å². The van der Waals surface area contributed by atoms with E-state index in [0.717, 1.165) is 24.0 Å². The molecule has 2 heteroatoms. The summed E-state index contributed by atoms with van der Waals surface area (Å²) in [5, 5.41) is 9.98. The fourth-order valence-corrected chi connectivity index (χ4v) is 1.58. The van der Waals surface area contributed by atoms with Gasteiger partial charge in [0.15, 0.2) is 0 Å². The van der Waals surface area contributed by atoms with Crippen LogP contribution in [0.2, 0.25) is 0 Å². The lowest BCUT2D eigenvalue weighted by atomic mass is 9.92. The molecule has 0 aliphatic rings. The molecule has 0 saturated heterocycles. The maximum absolute atomic E-state index is 9.98. The van der Waals surface area contributed by atoms with Crippen molar-refractivity contribution in [1.29, 1.82) is 0 Å². The highest BCUT2D eigenvalue weighted by Crippen LogP contribution is 2.30. The number of hydrogen-bond donors (Lipinski definition) is 2. The topological polar surface area (TPSA) is 46.2 Å². The number of aryl methyl sites for hydroxylation is 1. The lowest BCUT2D eigenvalue weighted by molar-refractivity contribution is 0.434. The molecule has 78 valence electrons. The van der Waals surface area contributed by atoms with Gasteiger partial charge in [-0.05, 0) is 25.8 Å². The molecular weight excluding hydrogens is 174 g/mol. The second-order valence-corrected chi connectivity index (χ2v) is 4.28. The zero-order chi connectivity index (χ0) is 10.8. The average molecular weight is 193 g/mol. The molecule has 0 unspecified atom stereocenters. The van der Waals surface area contributed by atoms with Gasteiger partial charge in [-0.15, -0.1) is 0 Å². The first-order valence-corrected chi connectivity index (χ1v) is 5.07.